The van der Waals surface area contributed by atoms with Gasteiger partial charge in [0.05, 0.1) is 16.5 Å². The van der Waals surface area contributed by atoms with Gasteiger partial charge in [-0.2, -0.15) is 10.0 Å². The molecule has 0 saturated carbocycles. The van der Waals surface area contributed by atoms with Crippen LogP contribution < -0.4 is 4.90 Å². The number of hydrogen-bond acceptors (Lipinski definition) is 1. The molecule has 1 spiro atoms. The molecule has 72 heavy (non-hydrogen) atoms. The monoisotopic (exact) mass is 937 g/mol. The van der Waals surface area contributed by atoms with Crippen LogP contribution in [-0.4, -0.2) is 12.5 Å². The smallest absolute Gasteiger partial charge is 0.0735 e. The largest absolute Gasteiger partial charge is 0.310 e. The fourth-order valence-electron chi connectivity index (χ4n) is 13.1. The van der Waals surface area contributed by atoms with Crippen molar-refractivity contribution in [3.63, 3.8) is 0 Å². The zero-order chi connectivity index (χ0) is 48.0. The van der Waals surface area contributed by atoms with E-state index in [1.165, 1.54) is 87.7 Å². The molecule has 14 rings (SSSR count). The Kier molecular flexibility index (Phi) is 9.62. The maximum Gasteiger partial charge on any atom is 0.0735 e. The number of rotatable bonds is 7. The lowest BCUT2D eigenvalue weighted by molar-refractivity contribution is 0.718. The van der Waals surface area contributed by atoms with E-state index in [1.54, 1.807) is 0 Å². The topological polar surface area (TPSA) is 3.24 Å². The van der Waals surface area contributed by atoms with Gasteiger partial charge in [0.2, 0.25) is 0 Å². The second-order valence-electron chi connectivity index (χ2n) is 19.9. The third kappa shape index (κ3) is 5.97. The quantitative estimate of drug-likeness (QED) is 0.154. The van der Waals surface area contributed by atoms with E-state index in [0.29, 0.717) is 0 Å². The molecular formula is C70H51NS. The van der Waals surface area contributed by atoms with E-state index < -0.39 is 20.9 Å². The number of anilines is 3. The molecule has 0 fully saturated rings. The van der Waals surface area contributed by atoms with Gasteiger partial charge in [0.15, 0.2) is 0 Å². The van der Waals surface area contributed by atoms with Gasteiger partial charge in [-0.05, 0) is 154 Å². The third-order valence-corrected chi connectivity index (χ3v) is 19.0. The minimum Gasteiger partial charge on any atom is -0.310 e. The molecule has 0 unspecified atom stereocenters. The van der Waals surface area contributed by atoms with Gasteiger partial charge in [-0.1, -0.05) is 224 Å². The van der Waals surface area contributed by atoms with E-state index in [4.69, 9.17) is 0 Å². The molecule has 0 aromatic heterocycles. The number of benzene rings is 11. The molecule has 2 aliphatic carbocycles. The van der Waals surface area contributed by atoms with Crippen LogP contribution in [0.2, 0.25) is 0 Å². The highest BCUT2D eigenvalue weighted by molar-refractivity contribution is 8.32. The highest BCUT2D eigenvalue weighted by Gasteiger charge is 2.53. The Morgan fingerprint density at radius 2 is 0.681 bits per heavy atom. The molecule has 2 heteroatoms. The third-order valence-electron chi connectivity index (χ3n) is 16.1. The highest BCUT2D eigenvalue weighted by atomic mass is 32.3. The van der Waals surface area contributed by atoms with Gasteiger partial charge in [0, 0.05) is 16.9 Å². The van der Waals surface area contributed by atoms with Crippen molar-refractivity contribution in [2.45, 2.75) is 20.6 Å². The summed E-state index contributed by atoms with van der Waals surface area (Å²) in [7, 11) is -1.34. The van der Waals surface area contributed by atoms with E-state index in [1.807, 2.05) is 0 Å². The second kappa shape index (κ2) is 16.3. The average molecular weight is 938 g/mol. The van der Waals surface area contributed by atoms with Crippen molar-refractivity contribution in [2.75, 3.05) is 17.4 Å². The molecule has 0 N–H and O–H groups in total. The van der Waals surface area contributed by atoms with Crippen LogP contribution in [0.3, 0.4) is 0 Å². The maximum atomic E-state index is 2.56. The van der Waals surface area contributed by atoms with Gasteiger partial charge in [0.1, 0.15) is 0 Å². The Morgan fingerprint density at radius 3 is 1.21 bits per heavy atom. The van der Waals surface area contributed by atoms with Crippen LogP contribution in [0.1, 0.15) is 44.5 Å². The van der Waals surface area contributed by atoms with Crippen LogP contribution in [0.15, 0.2) is 283 Å². The maximum absolute atomic E-state index is 2.56. The summed E-state index contributed by atoms with van der Waals surface area (Å²) in [6, 6.07) is 103. The summed E-state index contributed by atoms with van der Waals surface area (Å²) in [5.74, 6) is 0. The number of hydrogen-bond donors (Lipinski definition) is 0. The lowest BCUT2D eigenvalue weighted by Gasteiger charge is -2.49. The van der Waals surface area contributed by atoms with E-state index in [2.05, 4.69) is 290 Å². The Hall–Kier alpha value is -8.43. The lowest BCUT2D eigenvalue weighted by Crippen LogP contribution is -2.34. The first-order valence-electron chi connectivity index (χ1n) is 25.1. The SMILES string of the molecule is CS1(C)c2ccccc2C2(c3ccccc3-c3ccc(N(c4ccc5c(c4)C(c4ccccc4)(c4ccccc4)c4ccccc4-5)c4ccc(-c5ccccc5)cc4-c4ccccc4)cc32)c2ccccc21. The number of fused-ring (bicyclic) bond motifs is 12. The zero-order valence-corrected chi connectivity index (χ0v) is 41.2. The molecule has 3 aliphatic rings. The summed E-state index contributed by atoms with van der Waals surface area (Å²) >= 11 is 0. The molecule has 1 heterocycles. The first-order valence-corrected chi connectivity index (χ1v) is 27.5. The van der Waals surface area contributed by atoms with Crippen molar-refractivity contribution < 1.29 is 0 Å². The number of nitrogens with zero attached hydrogens (tertiary/aromatic N) is 1. The molecule has 1 nitrogen and oxygen atoms in total. The van der Waals surface area contributed by atoms with Crippen molar-refractivity contribution in [3.8, 4) is 44.5 Å². The fraction of sp³-hybridized carbons (Fsp3) is 0.0571. The summed E-state index contributed by atoms with van der Waals surface area (Å²) < 4.78 is 0. The van der Waals surface area contributed by atoms with Gasteiger partial charge in [-0.3, -0.25) is 0 Å². The predicted octanol–water partition coefficient (Wildman–Crippen LogP) is 18.0. The van der Waals surface area contributed by atoms with Gasteiger partial charge >= 0.3 is 0 Å². The van der Waals surface area contributed by atoms with Crippen molar-refractivity contribution in [1.29, 1.82) is 0 Å². The van der Waals surface area contributed by atoms with Gasteiger partial charge in [-0.15, -0.1) is 0 Å². The van der Waals surface area contributed by atoms with Crippen LogP contribution in [0, 0.1) is 0 Å². The standard InChI is InChI=1S/C70H51NS/c1-72(2)67-37-21-19-35-62(67)70(63-36-20-22-38-68(63)72)61-34-18-16-32-56(61)58-43-41-54(47-65(58)70)71(66-44-39-50(48-23-7-3-8-24-48)45-59(66)49-25-9-4-10-26-49)53-40-42-57-55-31-15-17-33-60(55)69(64(57)46-53,51-27-11-5-12-28-51)52-29-13-6-14-30-52/h3-47H,1-2H3. The summed E-state index contributed by atoms with van der Waals surface area (Å²) in [5.41, 5.74) is 22.6. The normalized spacial score (nSPS) is 15.0. The second-order valence-corrected chi connectivity index (χ2v) is 23.4. The Balaban J connectivity index is 1.09. The summed E-state index contributed by atoms with van der Waals surface area (Å²) in [6.07, 6.45) is 4.97. The van der Waals surface area contributed by atoms with E-state index in [0.717, 1.165) is 28.2 Å². The van der Waals surface area contributed by atoms with Gasteiger partial charge in [-0.25, -0.2) is 0 Å². The van der Waals surface area contributed by atoms with Crippen molar-refractivity contribution in [1.82, 2.24) is 0 Å². The molecule has 0 radical (unpaired) electrons. The van der Waals surface area contributed by atoms with Gasteiger partial charge < -0.3 is 4.90 Å². The van der Waals surface area contributed by atoms with E-state index >= 15 is 0 Å². The first kappa shape index (κ1) is 42.4. The van der Waals surface area contributed by atoms with E-state index in [9.17, 15) is 0 Å². The Bertz CT molecular complexity index is 3810. The summed E-state index contributed by atoms with van der Waals surface area (Å²) in [5, 5.41) is 0. The fourth-order valence-corrected chi connectivity index (χ4v) is 15.7. The van der Waals surface area contributed by atoms with Crippen LogP contribution in [0.5, 0.6) is 0 Å². The van der Waals surface area contributed by atoms with Crippen LogP contribution in [0.4, 0.5) is 17.1 Å². The molecule has 1 aliphatic heterocycles. The van der Waals surface area contributed by atoms with Crippen LogP contribution >= 0.6 is 10.0 Å². The van der Waals surface area contributed by atoms with E-state index in [-0.39, 0.29) is 0 Å². The minimum absolute atomic E-state index is 0.530. The molecule has 342 valence electrons. The molecule has 11 aromatic rings. The summed E-state index contributed by atoms with van der Waals surface area (Å²) in [6.45, 7) is 0. The zero-order valence-electron chi connectivity index (χ0n) is 40.3. The molecule has 11 aromatic carbocycles. The van der Waals surface area contributed by atoms with Crippen molar-refractivity contribution in [2.24, 2.45) is 0 Å². The predicted molar refractivity (Wildman–Crippen MR) is 303 cm³/mol. The Morgan fingerprint density at radius 1 is 0.278 bits per heavy atom. The molecule has 0 saturated heterocycles. The molecule has 0 amide bonds. The first-order chi connectivity index (χ1) is 35.5. The minimum atomic E-state index is -1.34. The lowest BCUT2D eigenvalue weighted by atomic mass is 9.67. The highest BCUT2D eigenvalue weighted by Crippen LogP contribution is 2.71. The summed E-state index contributed by atoms with van der Waals surface area (Å²) in [4.78, 5) is 5.47. The van der Waals surface area contributed by atoms with Gasteiger partial charge in [0.25, 0.3) is 0 Å². The molecule has 0 atom stereocenters. The average Bonchev–Trinajstić information content (AvgIpc) is 3.91. The molecule has 0 bridgehead atoms. The van der Waals surface area contributed by atoms with Crippen molar-refractivity contribution >= 4 is 27.1 Å². The van der Waals surface area contributed by atoms with Crippen LogP contribution in [-0.2, 0) is 10.8 Å². The Labute approximate surface area is 424 Å². The van der Waals surface area contributed by atoms with Crippen molar-refractivity contribution in [3.05, 3.63) is 317 Å². The molecular weight excluding hydrogens is 887 g/mol. The van der Waals surface area contributed by atoms with Crippen LogP contribution in [0.25, 0.3) is 44.5 Å².